The summed E-state index contributed by atoms with van der Waals surface area (Å²) in [5.41, 5.74) is 2.54. The first-order chi connectivity index (χ1) is 9.50. The lowest BCUT2D eigenvalue weighted by Crippen LogP contribution is -2.39. The van der Waals surface area contributed by atoms with Gasteiger partial charge in [-0.2, -0.15) is 5.10 Å². The van der Waals surface area contributed by atoms with Crippen LogP contribution in [0.2, 0.25) is 0 Å². The van der Waals surface area contributed by atoms with Crippen molar-refractivity contribution in [3.63, 3.8) is 0 Å². The van der Waals surface area contributed by atoms with Crippen LogP contribution in [0.4, 0.5) is 5.82 Å². The smallest absolute Gasteiger partial charge is 0.131 e. The molecule has 1 saturated heterocycles. The molecule has 1 aromatic rings. The number of nitrogens with zero attached hydrogens (tertiary/aromatic N) is 3. The summed E-state index contributed by atoms with van der Waals surface area (Å²) < 4.78 is 2.07. The molecule has 1 aliphatic rings. The summed E-state index contributed by atoms with van der Waals surface area (Å²) in [5, 5.41) is 8.22. The molecule has 0 bridgehead atoms. The Bertz CT molecular complexity index is 436. The van der Waals surface area contributed by atoms with E-state index >= 15 is 0 Å². The lowest BCUT2D eigenvalue weighted by molar-refractivity contribution is 0.471. The first kappa shape index (κ1) is 15.4. The summed E-state index contributed by atoms with van der Waals surface area (Å²) in [6.45, 7) is 12.1. The SMILES string of the molecule is Cc1nn(C)c(N2CCCCC2C)c1CNCC(C)C. The molecule has 1 fully saturated rings. The van der Waals surface area contributed by atoms with Crippen molar-refractivity contribution in [2.75, 3.05) is 18.0 Å². The second-order valence-corrected chi connectivity index (χ2v) is 6.57. The fraction of sp³-hybridized carbons (Fsp3) is 0.812. The molecule has 2 heterocycles. The lowest BCUT2D eigenvalue weighted by Gasteiger charge is -2.35. The minimum absolute atomic E-state index is 0.627. The highest BCUT2D eigenvalue weighted by Gasteiger charge is 2.25. The maximum atomic E-state index is 4.65. The van der Waals surface area contributed by atoms with E-state index in [2.05, 4.69) is 54.7 Å². The van der Waals surface area contributed by atoms with Gasteiger partial charge in [0.25, 0.3) is 0 Å². The number of rotatable bonds is 5. The minimum atomic E-state index is 0.627. The predicted octanol–water partition coefficient (Wildman–Crippen LogP) is 2.85. The van der Waals surface area contributed by atoms with Crippen molar-refractivity contribution >= 4 is 5.82 Å². The third-order valence-electron chi connectivity index (χ3n) is 4.24. The molecule has 0 aliphatic carbocycles. The van der Waals surface area contributed by atoms with E-state index in [1.807, 2.05) is 0 Å². The van der Waals surface area contributed by atoms with Gasteiger partial charge >= 0.3 is 0 Å². The fourth-order valence-corrected chi connectivity index (χ4v) is 3.15. The molecule has 0 aromatic carbocycles. The fourth-order valence-electron chi connectivity index (χ4n) is 3.15. The Labute approximate surface area is 123 Å². The Morgan fingerprint density at radius 2 is 2.10 bits per heavy atom. The highest BCUT2D eigenvalue weighted by Crippen LogP contribution is 2.29. The van der Waals surface area contributed by atoms with Gasteiger partial charge in [0.05, 0.1) is 5.69 Å². The number of hydrogen-bond donors (Lipinski definition) is 1. The van der Waals surface area contributed by atoms with Crippen molar-refractivity contribution in [1.29, 1.82) is 0 Å². The summed E-state index contributed by atoms with van der Waals surface area (Å²) in [6.07, 6.45) is 3.95. The van der Waals surface area contributed by atoms with Crippen molar-refractivity contribution in [2.24, 2.45) is 13.0 Å². The molecule has 1 unspecified atom stereocenters. The quantitative estimate of drug-likeness (QED) is 0.899. The normalized spacial score (nSPS) is 19.9. The van der Waals surface area contributed by atoms with Crippen molar-refractivity contribution in [1.82, 2.24) is 15.1 Å². The molecule has 4 heteroatoms. The zero-order chi connectivity index (χ0) is 14.7. The van der Waals surface area contributed by atoms with Gasteiger partial charge in [0.2, 0.25) is 0 Å². The Kier molecular flexibility index (Phi) is 5.08. The van der Waals surface area contributed by atoms with Crippen molar-refractivity contribution in [3.8, 4) is 0 Å². The largest absolute Gasteiger partial charge is 0.354 e. The lowest BCUT2D eigenvalue weighted by atomic mass is 10.0. The summed E-state index contributed by atoms with van der Waals surface area (Å²) >= 11 is 0. The Morgan fingerprint density at radius 1 is 1.35 bits per heavy atom. The third-order valence-corrected chi connectivity index (χ3v) is 4.24. The molecular formula is C16H30N4. The summed E-state index contributed by atoms with van der Waals surface area (Å²) in [6, 6.07) is 0.627. The van der Waals surface area contributed by atoms with Crippen molar-refractivity contribution < 1.29 is 0 Å². The van der Waals surface area contributed by atoms with Gasteiger partial charge in [0.15, 0.2) is 0 Å². The first-order valence-corrected chi connectivity index (χ1v) is 8.00. The molecule has 0 amide bonds. The van der Waals surface area contributed by atoms with Gasteiger partial charge in [-0.1, -0.05) is 13.8 Å². The van der Waals surface area contributed by atoms with Crippen LogP contribution in [0.3, 0.4) is 0 Å². The second-order valence-electron chi connectivity index (χ2n) is 6.57. The zero-order valence-electron chi connectivity index (χ0n) is 13.7. The standard InChI is InChI=1S/C16H30N4/c1-12(2)10-17-11-15-14(4)18-19(5)16(15)20-9-7-6-8-13(20)3/h12-13,17H,6-11H2,1-5H3. The average molecular weight is 278 g/mol. The van der Waals surface area contributed by atoms with Crippen LogP contribution < -0.4 is 10.2 Å². The maximum Gasteiger partial charge on any atom is 0.131 e. The van der Waals surface area contributed by atoms with Crippen LogP contribution in [0.1, 0.15) is 51.3 Å². The minimum Gasteiger partial charge on any atom is -0.354 e. The molecule has 0 saturated carbocycles. The van der Waals surface area contributed by atoms with Gasteiger partial charge in [-0.25, -0.2) is 0 Å². The number of piperidine rings is 1. The molecule has 0 radical (unpaired) electrons. The van der Waals surface area contributed by atoms with Crippen molar-refractivity contribution in [2.45, 2.75) is 59.5 Å². The van der Waals surface area contributed by atoms with Crippen LogP contribution in [-0.2, 0) is 13.6 Å². The maximum absolute atomic E-state index is 4.65. The first-order valence-electron chi connectivity index (χ1n) is 8.00. The van der Waals surface area contributed by atoms with Crippen LogP contribution in [0.5, 0.6) is 0 Å². The van der Waals surface area contributed by atoms with Crippen LogP contribution >= 0.6 is 0 Å². The van der Waals surface area contributed by atoms with Crippen molar-refractivity contribution in [3.05, 3.63) is 11.3 Å². The van der Waals surface area contributed by atoms with E-state index in [0.717, 1.165) is 25.3 Å². The van der Waals surface area contributed by atoms with E-state index in [1.165, 1.54) is 30.6 Å². The molecule has 4 nitrogen and oxygen atoms in total. The topological polar surface area (TPSA) is 33.1 Å². The highest BCUT2D eigenvalue weighted by molar-refractivity contribution is 5.51. The number of aromatic nitrogens is 2. The van der Waals surface area contributed by atoms with E-state index in [9.17, 15) is 0 Å². The van der Waals surface area contributed by atoms with Gasteiger partial charge in [0.1, 0.15) is 5.82 Å². The Morgan fingerprint density at radius 3 is 2.75 bits per heavy atom. The van der Waals surface area contributed by atoms with Crippen LogP contribution in [0.25, 0.3) is 0 Å². The van der Waals surface area contributed by atoms with Gasteiger partial charge < -0.3 is 10.2 Å². The Hall–Kier alpha value is -1.03. The molecule has 1 aliphatic heterocycles. The number of nitrogens with one attached hydrogen (secondary N) is 1. The number of anilines is 1. The second kappa shape index (κ2) is 6.61. The van der Waals surface area contributed by atoms with Gasteiger partial charge in [-0.15, -0.1) is 0 Å². The highest BCUT2D eigenvalue weighted by atomic mass is 15.4. The van der Waals surface area contributed by atoms with Gasteiger partial charge in [-0.05, 0) is 45.6 Å². The van der Waals surface area contributed by atoms with Gasteiger partial charge in [-0.3, -0.25) is 4.68 Å². The number of hydrogen-bond acceptors (Lipinski definition) is 3. The number of aryl methyl sites for hydroxylation is 2. The Balaban J connectivity index is 2.18. The molecule has 2 rings (SSSR count). The van der Waals surface area contributed by atoms with E-state index in [4.69, 9.17) is 0 Å². The summed E-state index contributed by atoms with van der Waals surface area (Å²) in [4.78, 5) is 2.55. The summed E-state index contributed by atoms with van der Waals surface area (Å²) in [7, 11) is 2.08. The van der Waals surface area contributed by atoms with E-state index < -0.39 is 0 Å². The van der Waals surface area contributed by atoms with E-state index in [1.54, 1.807) is 0 Å². The summed E-state index contributed by atoms with van der Waals surface area (Å²) in [5.74, 6) is 2.01. The van der Waals surface area contributed by atoms with E-state index in [-0.39, 0.29) is 0 Å². The monoisotopic (exact) mass is 278 g/mol. The van der Waals surface area contributed by atoms with Crippen LogP contribution in [0, 0.1) is 12.8 Å². The van der Waals surface area contributed by atoms with E-state index in [0.29, 0.717) is 12.0 Å². The average Bonchev–Trinajstić information content (AvgIpc) is 2.65. The molecule has 1 aromatic heterocycles. The van der Waals surface area contributed by atoms with Crippen LogP contribution in [-0.4, -0.2) is 28.9 Å². The van der Waals surface area contributed by atoms with Crippen LogP contribution in [0.15, 0.2) is 0 Å². The molecule has 114 valence electrons. The molecule has 1 N–H and O–H groups in total. The zero-order valence-corrected chi connectivity index (χ0v) is 13.7. The molecule has 0 spiro atoms. The molecular weight excluding hydrogens is 248 g/mol. The molecule has 20 heavy (non-hydrogen) atoms. The molecule has 1 atom stereocenters. The predicted molar refractivity (Wildman–Crippen MR) is 85.1 cm³/mol. The third kappa shape index (κ3) is 3.35. The van der Waals surface area contributed by atoms with Gasteiger partial charge in [0, 0.05) is 31.7 Å².